The van der Waals surface area contributed by atoms with Crippen molar-refractivity contribution >= 4 is 32.5 Å². The molecule has 0 bridgehead atoms. The topological polar surface area (TPSA) is 45.1 Å². The molecule has 0 amide bonds. The molecule has 0 saturated carbocycles. The van der Waals surface area contributed by atoms with Crippen LogP contribution in [-0.4, -0.2) is 22.7 Å². The van der Waals surface area contributed by atoms with Crippen molar-refractivity contribution in [2.24, 2.45) is 5.92 Å². The second-order valence-corrected chi connectivity index (χ2v) is 5.94. The molecule has 0 aliphatic heterocycles. The summed E-state index contributed by atoms with van der Waals surface area (Å²) in [6, 6.07) is 8.34. The Labute approximate surface area is 122 Å². The van der Waals surface area contributed by atoms with Gasteiger partial charge in [-0.05, 0) is 36.6 Å². The standard InChI is InChI=1S/C15H19BrN2O/c1-10(2)13(6-8-19)18-14-5-7-17-15-9-11(16)3-4-12(14)15/h3-5,7,9-10,13,19H,6,8H2,1-2H3,(H,17,18)/t13-/m0/s1. The Bertz CT molecular complexity index is 557. The van der Waals surface area contributed by atoms with E-state index in [1.165, 1.54) is 0 Å². The van der Waals surface area contributed by atoms with Crippen LogP contribution in [0, 0.1) is 5.92 Å². The van der Waals surface area contributed by atoms with Crippen LogP contribution in [-0.2, 0) is 0 Å². The molecule has 1 heterocycles. The first-order chi connectivity index (χ1) is 9.11. The monoisotopic (exact) mass is 322 g/mol. The van der Waals surface area contributed by atoms with E-state index < -0.39 is 0 Å². The Morgan fingerprint density at radius 2 is 2.11 bits per heavy atom. The van der Waals surface area contributed by atoms with Crippen molar-refractivity contribution in [1.82, 2.24) is 4.98 Å². The summed E-state index contributed by atoms with van der Waals surface area (Å²) >= 11 is 3.46. The van der Waals surface area contributed by atoms with Gasteiger partial charge in [0, 0.05) is 34.4 Å². The van der Waals surface area contributed by atoms with E-state index in [0.29, 0.717) is 5.92 Å². The first-order valence-electron chi connectivity index (χ1n) is 6.53. The van der Waals surface area contributed by atoms with Crippen LogP contribution in [0.5, 0.6) is 0 Å². The van der Waals surface area contributed by atoms with Gasteiger partial charge in [0.2, 0.25) is 0 Å². The lowest BCUT2D eigenvalue weighted by molar-refractivity contribution is 0.267. The predicted molar refractivity (Wildman–Crippen MR) is 83.4 cm³/mol. The summed E-state index contributed by atoms with van der Waals surface area (Å²) in [6.07, 6.45) is 2.56. The molecule has 1 aromatic heterocycles. The highest BCUT2D eigenvalue weighted by molar-refractivity contribution is 9.10. The molecule has 0 radical (unpaired) electrons. The molecule has 19 heavy (non-hydrogen) atoms. The number of hydrogen-bond donors (Lipinski definition) is 2. The van der Waals surface area contributed by atoms with Crippen LogP contribution in [0.25, 0.3) is 10.9 Å². The molecule has 0 aliphatic carbocycles. The summed E-state index contributed by atoms with van der Waals surface area (Å²) in [6.45, 7) is 4.52. The lowest BCUT2D eigenvalue weighted by Crippen LogP contribution is -2.26. The van der Waals surface area contributed by atoms with Gasteiger partial charge in [-0.25, -0.2) is 0 Å². The van der Waals surface area contributed by atoms with Crippen LogP contribution in [0.3, 0.4) is 0 Å². The van der Waals surface area contributed by atoms with Crippen LogP contribution in [0.15, 0.2) is 34.9 Å². The van der Waals surface area contributed by atoms with Crippen molar-refractivity contribution in [3.63, 3.8) is 0 Å². The smallest absolute Gasteiger partial charge is 0.0733 e. The zero-order valence-corrected chi connectivity index (χ0v) is 12.8. The quantitative estimate of drug-likeness (QED) is 0.879. The van der Waals surface area contributed by atoms with E-state index in [0.717, 1.165) is 27.5 Å². The van der Waals surface area contributed by atoms with Crippen molar-refractivity contribution in [2.75, 3.05) is 11.9 Å². The number of rotatable bonds is 5. The average Bonchev–Trinajstić information content (AvgIpc) is 2.37. The van der Waals surface area contributed by atoms with Gasteiger partial charge >= 0.3 is 0 Å². The van der Waals surface area contributed by atoms with Crippen molar-refractivity contribution in [2.45, 2.75) is 26.3 Å². The van der Waals surface area contributed by atoms with Crippen LogP contribution in [0.2, 0.25) is 0 Å². The molecule has 1 aromatic carbocycles. The van der Waals surface area contributed by atoms with Gasteiger partial charge in [0.05, 0.1) is 5.52 Å². The largest absolute Gasteiger partial charge is 0.396 e. The molecular formula is C15H19BrN2O. The van der Waals surface area contributed by atoms with Gasteiger partial charge in [-0.1, -0.05) is 29.8 Å². The Kier molecular flexibility index (Phi) is 4.77. The molecule has 4 heteroatoms. The highest BCUT2D eigenvalue weighted by atomic mass is 79.9. The van der Waals surface area contributed by atoms with E-state index in [1.54, 1.807) is 0 Å². The zero-order chi connectivity index (χ0) is 13.8. The molecule has 0 saturated heterocycles. The normalized spacial score (nSPS) is 12.9. The SMILES string of the molecule is CC(C)[C@H](CCO)Nc1ccnc2cc(Br)ccc12. The van der Waals surface area contributed by atoms with Crippen molar-refractivity contribution in [1.29, 1.82) is 0 Å². The lowest BCUT2D eigenvalue weighted by Gasteiger charge is -2.23. The van der Waals surface area contributed by atoms with E-state index in [-0.39, 0.29) is 12.6 Å². The van der Waals surface area contributed by atoms with Crippen molar-refractivity contribution in [3.05, 3.63) is 34.9 Å². The number of aliphatic hydroxyl groups is 1. The fourth-order valence-corrected chi connectivity index (χ4v) is 2.51. The van der Waals surface area contributed by atoms with E-state index in [2.05, 4.69) is 46.1 Å². The summed E-state index contributed by atoms with van der Waals surface area (Å²) in [5.41, 5.74) is 2.04. The second-order valence-electron chi connectivity index (χ2n) is 5.03. The maximum Gasteiger partial charge on any atom is 0.0733 e. The molecular weight excluding hydrogens is 304 g/mol. The summed E-state index contributed by atoms with van der Waals surface area (Å²) in [4.78, 5) is 4.38. The van der Waals surface area contributed by atoms with E-state index >= 15 is 0 Å². The highest BCUT2D eigenvalue weighted by Crippen LogP contribution is 2.26. The molecule has 1 atom stereocenters. The molecule has 0 unspecified atom stereocenters. The summed E-state index contributed by atoms with van der Waals surface area (Å²) in [7, 11) is 0. The fourth-order valence-electron chi connectivity index (χ4n) is 2.16. The van der Waals surface area contributed by atoms with E-state index in [1.807, 2.05) is 24.4 Å². The van der Waals surface area contributed by atoms with Crippen LogP contribution >= 0.6 is 15.9 Å². The summed E-state index contributed by atoms with van der Waals surface area (Å²) in [5.74, 6) is 0.464. The maximum atomic E-state index is 9.15. The van der Waals surface area contributed by atoms with E-state index in [4.69, 9.17) is 5.11 Å². The number of pyridine rings is 1. The van der Waals surface area contributed by atoms with Gasteiger partial charge in [-0.2, -0.15) is 0 Å². The number of fused-ring (bicyclic) bond motifs is 1. The van der Waals surface area contributed by atoms with Gasteiger partial charge in [-0.3, -0.25) is 4.98 Å². The predicted octanol–water partition coefficient (Wildman–Crippen LogP) is 3.82. The van der Waals surface area contributed by atoms with Gasteiger partial charge in [0.25, 0.3) is 0 Å². The third kappa shape index (κ3) is 3.45. The van der Waals surface area contributed by atoms with Crippen molar-refractivity contribution < 1.29 is 5.11 Å². The fraction of sp³-hybridized carbons (Fsp3) is 0.400. The molecule has 3 nitrogen and oxygen atoms in total. The molecule has 102 valence electrons. The number of aromatic nitrogens is 1. The number of anilines is 1. The third-order valence-electron chi connectivity index (χ3n) is 3.29. The van der Waals surface area contributed by atoms with Crippen LogP contribution in [0.4, 0.5) is 5.69 Å². The van der Waals surface area contributed by atoms with E-state index in [9.17, 15) is 0 Å². The lowest BCUT2D eigenvalue weighted by atomic mass is 10.0. The summed E-state index contributed by atoms with van der Waals surface area (Å²) in [5, 5.41) is 13.8. The average molecular weight is 323 g/mol. The number of nitrogens with one attached hydrogen (secondary N) is 1. The molecule has 0 fully saturated rings. The number of hydrogen-bond acceptors (Lipinski definition) is 3. The zero-order valence-electron chi connectivity index (χ0n) is 11.2. The molecule has 2 N–H and O–H groups in total. The number of benzene rings is 1. The third-order valence-corrected chi connectivity index (χ3v) is 3.78. The van der Waals surface area contributed by atoms with Gasteiger partial charge in [0.1, 0.15) is 0 Å². The first kappa shape index (κ1) is 14.3. The molecule has 0 spiro atoms. The van der Waals surface area contributed by atoms with Crippen molar-refractivity contribution in [3.8, 4) is 0 Å². The Morgan fingerprint density at radius 1 is 1.32 bits per heavy atom. The molecule has 2 rings (SSSR count). The van der Waals surface area contributed by atoms with Crippen LogP contribution in [0.1, 0.15) is 20.3 Å². The van der Waals surface area contributed by atoms with Crippen LogP contribution < -0.4 is 5.32 Å². The first-order valence-corrected chi connectivity index (χ1v) is 7.33. The minimum absolute atomic E-state index is 0.199. The van der Waals surface area contributed by atoms with Gasteiger partial charge in [-0.15, -0.1) is 0 Å². The minimum Gasteiger partial charge on any atom is -0.396 e. The van der Waals surface area contributed by atoms with Gasteiger partial charge < -0.3 is 10.4 Å². The Balaban J connectivity index is 2.34. The maximum absolute atomic E-state index is 9.15. The number of nitrogens with zero attached hydrogens (tertiary/aromatic N) is 1. The van der Waals surface area contributed by atoms with Gasteiger partial charge in [0.15, 0.2) is 0 Å². The Morgan fingerprint density at radius 3 is 2.79 bits per heavy atom. The number of aliphatic hydroxyl groups excluding tert-OH is 1. The molecule has 0 aliphatic rings. The number of halogens is 1. The Hall–Kier alpha value is -1.13. The molecule has 2 aromatic rings. The highest BCUT2D eigenvalue weighted by Gasteiger charge is 2.13. The minimum atomic E-state index is 0.199. The second kappa shape index (κ2) is 6.35. The summed E-state index contributed by atoms with van der Waals surface area (Å²) < 4.78 is 1.03.